The van der Waals surface area contributed by atoms with Gasteiger partial charge in [-0.05, 0) is 64.2 Å². The quantitative estimate of drug-likeness (QED) is 0.0265. The molecule has 0 saturated heterocycles. The lowest BCUT2D eigenvalue weighted by Crippen LogP contribution is -2.29. The van der Waals surface area contributed by atoms with Crippen molar-refractivity contribution in [1.82, 2.24) is 0 Å². The molecule has 0 bridgehead atoms. The molecule has 0 aliphatic rings. The van der Waals surface area contributed by atoms with Crippen molar-refractivity contribution in [2.75, 3.05) is 26.4 Å². The van der Waals surface area contributed by atoms with E-state index < -0.39 is 26.5 Å². The number of hydrogen-bond acceptors (Lipinski definition) is 8. The van der Waals surface area contributed by atoms with Crippen LogP contribution in [0.15, 0.2) is 24.3 Å². The van der Waals surface area contributed by atoms with Crippen molar-refractivity contribution in [3.05, 3.63) is 24.3 Å². The number of nitrogens with two attached hydrogens (primary N) is 1. The van der Waals surface area contributed by atoms with Crippen LogP contribution < -0.4 is 5.73 Å². The number of unbranched alkanes of at least 4 members (excludes halogenated alkanes) is 34. The van der Waals surface area contributed by atoms with Crippen LogP contribution in [0.3, 0.4) is 0 Å². The van der Waals surface area contributed by atoms with Gasteiger partial charge < -0.3 is 20.1 Å². The number of carbonyl (C=O) groups excluding carboxylic acids is 2. The summed E-state index contributed by atoms with van der Waals surface area (Å²) in [5.74, 6) is -0.827. The van der Waals surface area contributed by atoms with E-state index >= 15 is 0 Å². The molecule has 372 valence electrons. The first-order valence-corrected chi connectivity index (χ1v) is 28.3. The van der Waals surface area contributed by atoms with Gasteiger partial charge in [-0.1, -0.05) is 218 Å². The number of hydrogen-bond donors (Lipinski definition) is 2. The Morgan fingerprint density at radius 1 is 0.460 bits per heavy atom. The van der Waals surface area contributed by atoms with E-state index in [0.29, 0.717) is 6.42 Å². The molecule has 0 aromatic heterocycles. The maximum absolute atomic E-state index is 12.7. The summed E-state index contributed by atoms with van der Waals surface area (Å²) >= 11 is 0. The number of phosphoric ester groups is 1. The topological polar surface area (TPSA) is 134 Å². The molecule has 0 saturated carbocycles. The summed E-state index contributed by atoms with van der Waals surface area (Å²) in [7, 11) is -4.38. The minimum absolute atomic E-state index is 0.0543. The molecule has 0 aromatic carbocycles. The normalized spacial score (nSPS) is 13.3. The number of phosphoric acid groups is 1. The van der Waals surface area contributed by atoms with Crippen molar-refractivity contribution in [2.24, 2.45) is 5.73 Å². The maximum Gasteiger partial charge on any atom is 0.472 e. The zero-order chi connectivity index (χ0) is 46.0. The van der Waals surface area contributed by atoms with E-state index in [1.807, 2.05) is 0 Å². The number of carbonyl (C=O) groups is 2. The summed E-state index contributed by atoms with van der Waals surface area (Å²) in [6.45, 7) is 3.75. The summed E-state index contributed by atoms with van der Waals surface area (Å²) in [6.07, 6.45) is 56.7. The van der Waals surface area contributed by atoms with Gasteiger partial charge in [0.1, 0.15) is 6.61 Å². The van der Waals surface area contributed by atoms with Crippen LogP contribution in [0.2, 0.25) is 0 Å². The summed E-state index contributed by atoms with van der Waals surface area (Å²) in [4.78, 5) is 35.0. The van der Waals surface area contributed by atoms with Crippen LogP contribution in [0.1, 0.15) is 271 Å². The van der Waals surface area contributed by atoms with Crippen LogP contribution in [0.25, 0.3) is 0 Å². The third kappa shape index (κ3) is 49.8. The summed E-state index contributed by atoms with van der Waals surface area (Å²) in [5.41, 5.74) is 5.36. The van der Waals surface area contributed by atoms with Crippen molar-refractivity contribution in [3.63, 3.8) is 0 Å². The highest BCUT2D eigenvalue weighted by Gasteiger charge is 2.26. The van der Waals surface area contributed by atoms with Gasteiger partial charge in [-0.15, -0.1) is 0 Å². The molecule has 0 aromatic rings. The van der Waals surface area contributed by atoms with Crippen LogP contribution in [-0.2, 0) is 32.7 Å². The zero-order valence-electron chi connectivity index (χ0n) is 41.3. The zero-order valence-corrected chi connectivity index (χ0v) is 42.2. The van der Waals surface area contributed by atoms with Crippen molar-refractivity contribution in [2.45, 2.75) is 277 Å². The third-order valence-corrected chi connectivity index (χ3v) is 12.8. The second-order valence-corrected chi connectivity index (χ2v) is 19.5. The molecule has 0 spiro atoms. The predicted molar refractivity (Wildman–Crippen MR) is 266 cm³/mol. The van der Waals surface area contributed by atoms with E-state index in [4.69, 9.17) is 24.3 Å². The van der Waals surface area contributed by atoms with E-state index in [0.717, 1.165) is 51.4 Å². The van der Waals surface area contributed by atoms with Gasteiger partial charge >= 0.3 is 19.8 Å². The van der Waals surface area contributed by atoms with E-state index in [9.17, 15) is 19.0 Å². The molecule has 2 unspecified atom stereocenters. The van der Waals surface area contributed by atoms with Crippen molar-refractivity contribution in [3.8, 4) is 0 Å². The van der Waals surface area contributed by atoms with E-state index in [1.54, 1.807) is 0 Å². The van der Waals surface area contributed by atoms with Crippen LogP contribution >= 0.6 is 7.82 Å². The molecule has 9 nitrogen and oxygen atoms in total. The minimum atomic E-state index is -4.38. The molecule has 0 heterocycles. The summed E-state index contributed by atoms with van der Waals surface area (Å²) < 4.78 is 32.9. The predicted octanol–water partition coefficient (Wildman–Crippen LogP) is 16.3. The van der Waals surface area contributed by atoms with E-state index in [2.05, 4.69) is 38.2 Å². The highest BCUT2D eigenvalue weighted by atomic mass is 31.2. The van der Waals surface area contributed by atoms with Crippen LogP contribution in [0, 0.1) is 0 Å². The van der Waals surface area contributed by atoms with Crippen molar-refractivity contribution in [1.29, 1.82) is 0 Å². The molecule has 0 aliphatic carbocycles. The molecule has 0 fully saturated rings. The first-order valence-electron chi connectivity index (χ1n) is 26.8. The molecule has 63 heavy (non-hydrogen) atoms. The van der Waals surface area contributed by atoms with Gasteiger partial charge in [-0.2, -0.15) is 0 Å². The first kappa shape index (κ1) is 61.5. The Hall–Kier alpha value is -1.51. The Balaban J connectivity index is 3.89. The van der Waals surface area contributed by atoms with Gasteiger partial charge in [0.25, 0.3) is 0 Å². The molecular formula is C53H102NO8P. The molecule has 0 amide bonds. The molecule has 0 rings (SSSR count). The number of rotatable bonds is 51. The van der Waals surface area contributed by atoms with Crippen molar-refractivity contribution >= 4 is 19.8 Å². The Morgan fingerprint density at radius 2 is 0.778 bits per heavy atom. The average molecular weight is 912 g/mol. The highest BCUT2D eigenvalue weighted by molar-refractivity contribution is 7.47. The average Bonchev–Trinajstić information content (AvgIpc) is 3.27. The van der Waals surface area contributed by atoms with Gasteiger partial charge in [0.05, 0.1) is 13.2 Å². The summed E-state index contributed by atoms with van der Waals surface area (Å²) in [5, 5.41) is 0. The fraction of sp³-hybridized carbons (Fsp3) is 0.887. The van der Waals surface area contributed by atoms with Gasteiger partial charge in [0, 0.05) is 19.4 Å². The van der Waals surface area contributed by atoms with E-state index in [-0.39, 0.29) is 38.6 Å². The van der Waals surface area contributed by atoms with Crippen LogP contribution in [-0.4, -0.2) is 49.3 Å². The monoisotopic (exact) mass is 912 g/mol. The number of ether oxygens (including phenoxy) is 2. The molecule has 0 aliphatic heterocycles. The fourth-order valence-electron chi connectivity index (χ4n) is 7.80. The Bertz CT molecular complexity index is 1090. The molecule has 3 N–H and O–H groups in total. The standard InChI is InChI=1S/C53H102NO8P/c1-3-5-7-9-11-13-15-17-18-19-20-21-22-23-24-25-26-27-28-29-30-31-32-34-36-38-40-42-44-46-53(56)62-51(50-61-63(57,58)60-48-47-54)49-59-52(55)45-43-41-39-37-35-33-16-14-12-10-8-6-4-2/h14,16,19-20,51H,3-13,15,17-18,21-50,54H2,1-2H3,(H,57,58)/b16-14-,20-19-. The lowest BCUT2D eigenvalue weighted by atomic mass is 10.0. The fourth-order valence-corrected chi connectivity index (χ4v) is 8.57. The van der Waals surface area contributed by atoms with Crippen LogP contribution in [0.4, 0.5) is 0 Å². The highest BCUT2D eigenvalue weighted by Crippen LogP contribution is 2.43. The van der Waals surface area contributed by atoms with Gasteiger partial charge in [-0.3, -0.25) is 18.6 Å². The lowest BCUT2D eigenvalue weighted by Gasteiger charge is -2.19. The van der Waals surface area contributed by atoms with Crippen molar-refractivity contribution < 1.29 is 37.6 Å². The Morgan fingerprint density at radius 3 is 1.14 bits per heavy atom. The van der Waals surface area contributed by atoms with E-state index in [1.165, 1.54) is 186 Å². The third-order valence-electron chi connectivity index (χ3n) is 11.8. The second-order valence-electron chi connectivity index (χ2n) is 18.1. The number of esters is 2. The molecule has 0 radical (unpaired) electrons. The van der Waals surface area contributed by atoms with Gasteiger partial charge in [-0.25, -0.2) is 4.57 Å². The Labute approximate surface area is 389 Å². The van der Waals surface area contributed by atoms with Crippen LogP contribution in [0.5, 0.6) is 0 Å². The minimum Gasteiger partial charge on any atom is -0.462 e. The molecule has 10 heteroatoms. The lowest BCUT2D eigenvalue weighted by molar-refractivity contribution is -0.161. The van der Waals surface area contributed by atoms with Gasteiger partial charge in [0.2, 0.25) is 0 Å². The first-order chi connectivity index (χ1) is 30.8. The molecule has 2 atom stereocenters. The maximum atomic E-state index is 12.7. The number of allylic oxidation sites excluding steroid dienone is 4. The smallest absolute Gasteiger partial charge is 0.462 e. The molecular weight excluding hydrogens is 810 g/mol. The largest absolute Gasteiger partial charge is 0.472 e. The summed E-state index contributed by atoms with van der Waals surface area (Å²) in [6, 6.07) is 0. The second kappa shape index (κ2) is 49.9. The Kier molecular flexibility index (Phi) is 48.7. The SMILES string of the molecule is CCCCCC/C=C\CCCCCCCC(=O)OCC(COP(=O)(O)OCCN)OC(=O)CCCCCCCCCCCCCCCCCCC/C=C\CCCCCCCCCC. The van der Waals surface area contributed by atoms with Gasteiger partial charge in [0.15, 0.2) is 6.10 Å².